The molecule has 0 unspecified atom stereocenters. The third-order valence-corrected chi connectivity index (χ3v) is 8.91. The fourth-order valence-corrected chi connectivity index (χ4v) is 6.78. The zero-order chi connectivity index (χ0) is 24.7. The van der Waals surface area contributed by atoms with Crippen molar-refractivity contribution in [2.75, 3.05) is 13.1 Å². The first-order valence-corrected chi connectivity index (χ1v) is 13.0. The molecule has 1 aliphatic rings. The zero-order valence-corrected chi connectivity index (χ0v) is 20.2. The number of nitrogens with zero attached hydrogens (tertiary/aromatic N) is 2. The Morgan fingerprint density at radius 2 is 1.63 bits per heavy atom. The van der Waals surface area contributed by atoms with Crippen LogP contribution in [0.5, 0.6) is 0 Å². The van der Waals surface area contributed by atoms with Crippen LogP contribution >= 0.6 is 11.6 Å². The molecule has 2 heterocycles. The van der Waals surface area contributed by atoms with Crippen LogP contribution in [0, 0.1) is 17.5 Å². The van der Waals surface area contributed by atoms with Gasteiger partial charge in [-0.15, -0.1) is 0 Å². The third kappa shape index (κ3) is 4.58. The van der Waals surface area contributed by atoms with Crippen molar-refractivity contribution in [3.8, 4) is 0 Å². The van der Waals surface area contributed by atoms with Crippen LogP contribution in [0.2, 0.25) is 5.02 Å². The molecule has 5 rings (SSSR count). The second-order valence-electron chi connectivity index (χ2n) is 8.73. The molecule has 4 nitrogen and oxygen atoms in total. The van der Waals surface area contributed by atoms with Crippen LogP contribution in [-0.4, -0.2) is 30.4 Å². The molecule has 0 bridgehead atoms. The number of benzene rings is 3. The van der Waals surface area contributed by atoms with Crippen LogP contribution in [0.4, 0.5) is 13.2 Å². The maximum absolute atomic E-state index is 13.7. The highest BCUT2D eigenvalue weighted by atomic mass is 35.5. The normalized spacial score (nSPS) is 15.7. The summed E-state index contributed by atoms with van der Waals surface area (Å²) in [6, 6.07) is 15.8. The van der Waals surface area contributed by atoms with Crippen molar-refractivity contribution < 1.29 is 21.6 Å². The molecule has 1 fully saturated rings. The summed E-state index contributed by atoms with van der Waals surface area (Å²) in [5.41, 5.74) is 2.98. The average molecular weight is 519 g/mol. The van der Waals surface area contributed by atoms with Crippen molar-refractivity contribution in [3.05, 3.63) is 100 Å². The van der Waals surface area contributed by atoms with E-state index in [1.165, 1.54) is 16.4 Å². The Morgan fingerprint density at radius 1 is 0.914 bits per heavy atom. The number of piperidine rings is 1. The smallest absolute Gasteiger partial charge is 0.244 e. The standard InChI is InChI=1S/C26H22ClF3N2O2S/c27-22-13-23(29)24(30)14-26(22)35(33,34)32-10-8-18(9-11-32)21-16-31(25-7-2-1-6-20(21)25)15-17-4-3-5-19(28)12-17/h1-7,12-14,16,18H,8-11,15H2. The van der Waals surface area contributed by atoms with E-state index in [2.05, 4.69) is 10.8 Å². The molecule has 4 aromatic rings. The van der Waals surface area contributed by atoms with Crippen molar-refractivity contribution >= 4 is 32.5 Å². The molecule has 0 N–H and O–H groups in total. The average Bonchev–Trinajstić information content (AvgIpc) is 3.20. The Morgan fingerprint density at radius 3 is 2.37 bits per heavy atom. The first kappa shape index (κ1) is 23.9. The lowest BCUT2D eigenvalue weighted by molar-refractivity contribution is 0.320. The van der Waals surface area contributed by atoms with Crippen molar-refractivity contribution in [3.63, 3.8) is 0 Å². The number of halogens is 4. The second-order valence-corrected chi connectivity index (χ2v) is 11.0. The van der Waals surface area contributed by atoms with E-state index in [1.807, 2.05) is 30.3 Å². The van der Waals surface area contributed by atoms with E-state index < -0.39 is 26.6 Å². The summed E-state index contributed by atoms with van der Waals surface area (Å²) in [5, 5.41) is 0.736. The molecule has 0 amide bonds. The van der Waals surface area contributed by atoms with Gasteiger partial charge in [-0.3, -0.25) is 0 Å². The largest absolute Gasteiger partial charge is 0.343 e. The Hall–Kier alpha value is -2.81. The number of para-hydroxylation sites is 1. The second kappa shape index (κ2) is 9.33. The van der Waals surface area contributed by atoms with Crippen molar-refractivity contribution in [1.29, 1.82) is 0 Å². The van der Waals surface area contributed by atoms with Gasteiger partial charge in [-0.2, -0.15) is 4.31 Å². The highest BCUT2D eigenvalue weighted by Gasteiger charge is 2.33. The summed E-state index contributed by atoms with van der Waals surface area (Å²) in [6.07, 6.45) is 3.19. The van der Waals surface area contributed by atoms with Gasteiger partial charge < -0.3 is 4.57 Å². The van der Waals surface area contributed by atoms with E-state index in [1.54, 1.807) is 6.07 Å². The molecule has 3 aromatic carbocycles. The molecule has 0 atom stereocenters. The van der Waals surface area contributed by atoms with E-state index >= 15 is 0 Å². The molecule has 35 heavy (non-hydrogen) atoms. The summed E-state index contributed by atoms with van der Waals surface area (Å²) in [6.45, 7) is 0.970. The highest BCUT2D eigenvalue weighted by molar-refractivity contribution is 7.89. The molecule has 1 saturated heterocycles. The van der Waals surface area contributed by atoms with Gasteiger partial charge in [0.2, 0.25) is 10.0 Å². The molecule has 0 aliphatic carbocycles. The van der Waals surface area contributed by atoms with Gasteiger partial charge >= 0.3 is 0 Å². The van der Waals surface area contributed by atoms with Gasteiger partial charge in [0.25, 0.3) is 0 Å². The van der Waals surface area contributed by atoms with Crippen molar-refractivity contribution in [2.24, 2.45) is 0 Å². The first-order chi connectivity index (χ1) is 16.7. The topological polar surface area (TPSA) is 42.3 Å². The molecule has 0 radical (unpaired) electrons. The van der Waals surface area contributed by atoms with Crippen LogP contribution in [0.25, 0.3) is 10.9 Å². The van der Waals surface area contributed by atoms with Gasteiger partial charge in [0.15, 0.2) is 11.6 Å². The number of hydrogen-bond acceptors (Lipinski definition) is 2. The third-order valence-electron chi connectivity index (χ3n) is 6.55. The van der Waals surface area contributed by atoms with E-state index in [-0.39, 0.29) is 29.8 Å². The number of aromatic nitrogens is 1. The molecule has 1 aliphatic heterocycles. The van der Waals surface area contributed by atoms with Gasteiger partial charge in [-0.25, -0.2) is 21.6 Å². The maximum atomic E-state index is 13.7. The lowest BCUT2D eigenvalue weighted by Crippen LogP contribution is -2.38. The summed E-state index contributed by atoms with van der Waals surface area (Å²) in [4.78, 5) is -0.428. The SMILES string of the molecule is O=S(=O)(c1cc(F)c(F)cc1Cl)N1CCC(c2cn(Cc3cccc(F)c3)c3ccccc23)CC1. The van der Waals surface area contributed by atoms with Crippen LogP contribution < -0.4 is 0 Å². The minimum atomic E-state index is -4.07. The number of sulfonamides is 1. The van der Waals surface area contributed by atoms with E-state index in [4.69, 9.17) is 11.6 Å². The Bertz CT molecular complexity index is 1510. The summed E-state index contributed by atoms with van der Waals surface area (Å²) >= 11 is 5.94. The Labute approximate surface area is 206 Å². The van der Waals surface area contributed by atoms with Crippen LogP contribution in [0.1, 0.15) is 29.9 Å². The van der Waals surface area contributed by atoms with Gasteiger partial charge in [-0.1, -0.05) is 41.9 Å². The van der Waals surface area contributed by atoms with Crippen LogP contribution in [-0.2, 0) is 16.6 Å². The lowest BCUT2D eigenvalue weighted by Gasteiger charge is -2.31. The van der Waals surface area contributed by atoms with Gasteiger partial charge in [0, 0.05) is 36.7 Å². The van der Waals surface area contributed by atoms with E-state index in [0.717, 1.165) is 22.0 Å². The first-order valence-electron chi connectivity index (χ1n) is 11.2. The predicted octanol–water partition coefficient (Wildman–Crippen LogP) is 6.33. The van der Waals surface area contributed by atoms with Crippen molar-refractivity contribution in [1.82, 2.24) is 8.87 Å². The molecule has 182 valence electrons. The Kier molecular flexibility index (Phi) is 6.38. The number of fused-ring (bicyclic) bond motifs is 1. The number of hydrogen-bond donors (Lipinski definition) is 0. The molecular formula is C26H22ClF3N2O2S. The van der Waals surface area contributed by atoms with Crippen LogP contribution in [0.3, 0.4) is 0 Å². The quantitative estimate of drug-likeness (QED) is 0.290. The highest BCUT2D eigenvalue weighted by Crippen LogP contribution is 2.37. The summed E-state index contributed by atoms with van der Waals surface area (Å²) in [5.74, 6) is -2.62. The predicted molar refractivity (Wildman–Crippen MR) is 130 cm³/mol. The van der Waals surface area contributed by atoms with Gasteiger partial charge in [-0.05, 0) is 60.2 Å². The monoisotopic (exact) mass is 518 g/mol. The Balaban J connectivity index is 1.39. The lowest BCUT2D eigenvalue weighted by atomic mass is 9.90. The zero-order valence-electron chi connectivity index (χ0n) is 18.6. The fourth-order valence-electron chi connectivity index (χ4n) is 4.81. The molecular weight excluding hydrogens is 497 g/mol. The molecule has 0 spiro atoms. The summed E-state index contributed by atoms with van der Waals surface area (Å²) < 4.78 is 70.4. The fraction of sp³-hybridized carbons (Fsp3) is 0.231. The number of rotatable bonds is 5. The van der Waals surface area contributed by atoms with E-state index in [0.29, 0.717) is 31.5 Å². The minimum Gasteiger partial charge on any atom is -0.343 e. The molecule has 9 heteroatoms. The minimum absolute atomic E-state index is 0.112. The van der Waals surface area contributed by atoms with Gasteiger partial charge in [0.05, 0.1) is 5.02 Å². The maximum Gasteiger partial charge on any atom is 0.244 e. The summed E-state index contributed by atoms with van der Waals surface area (Å²) in [7, 11) is -4.07. The van der Waals surface area contributed by atoms with Crippen molar-refractivity contribution in [2.45, 2.75) is 30.2 Å². The van der Waals surface area contributed by atoms with E-state index in [9.17, 15) is 21.6 Å². The molecule has 1 aromatic heterocycles. The molecule has 0 saturated carbocycles. The van der Waals surface area contributed by atoms with Gasteiger partial charge in [0.1, 0.15) is 10.7 Å². The van der Waals surface area contributed by atoms with Crippen LogP contribution in [0.15, 0.2) is 71.8 Å².